The molecule has 0 spiro atoms. The molecule has 0 fully saturated rings. The summed E-state index contributed by atoms with van der Waals surface area (Å²) >= 11 is 3.40. The standard InChI is InChI=1S/C19H21BrN2O2/c1-14(19(24)21-2)22(13-16-8-10-17(20)11-9-16)18(23)12-15-6-4-3-5-7-15/h3-11,14H,12-13H2,1-2H3,(H,21,24). The van der Waals surface area contributed by atoms with Crippen LogP contribution in [0.5, 0.6) is 0 Å². The fourth-order valence-corrected chi connectivity index (χ4v) is 2.71. The van der Waals surface area contributed by atoms with Crippen molar-refractivity contribution in [3.63, 3.8) is 0 Å². The molecule has 0 saturated heterocycles. The van der Waals surface area contributed by atoms with Crippen molar-refractivity contribution in [1.82, 2.24) is 10.2 Å². The Hall–Kier alpha value is -2.14. The third-order valence-corrected chi connectivity index (χ3v) is 4.41. The highest BCUT2D eigenvalue weighted by Crippen LogP contribution is 2.15. The lowest BCUT2D eigenvalue weighted by atomic mass is 10.1. The number of halogens is 1. The Labute approximate surface area is 151 Å². The second-order valence-corrected chi connectivity index (χ2v) is 6.52. The molecule has 1 atom stereocenters. The molecule has 0 aliphatic carbocycles. The van der Waals surface area contributed by atoms with E-state index in [0.717, 1.165) is 15.6 Å². The van der Waals surface area contributed by atoms with Crippen LogP contribution in [0.1, 0.15) is 18.1 Å². The minimum atomic E-state index is -0.533. The number of carbonyl (C=O) groups is 2. The number of nitrogens with one attached hydrogen (secondary N) is 1. The molecule has 0 aliphatic rings. The van der Waals surface area contributed by atoms with Gasteiger partial charge in [0, 0.05) is 18.1 Å². The van der Waals surface area contributed by atoms with E-state index in [9.17, 15) is 9.59 Å². The van der Waals surface area contributed by atoms with Crippen molar-refractivity contribution in [1.29, 1.82) is 0 Å². The van der Waals surface area contributed by atoms with Gasteiger partial charge in [-0.1, -0.05) is 58.4 Å². The molecule has 126 valence electrons. The Morgan fingerprint density at radius 2 is 1.67 bits per heavy atom. The van der Waals surface area contributed by atoms with Gasteiger partial charge in [0.05, 0.1) is 6.42 Å². The maximum Gasteiger partial charge on any atom is 0.242 e. The third kappa shape index (κ3) is 4.93. The van der Waals surface area contributed by atoms with Crippen LogP contribution in [-0.2, 0) is 22.6 Å². The minimum Gasteiger partial charge on any atom is -0.357 e. The molecule has 0 radical (unpaired) electrons. The first-order valence-electron chi connectivity index (χ1n) is 7.80. The molecular formula is C19H21BrN2O2. The Balaban J connectivity index is 2.19. The van der Waals surface area contributed by atoms with Gasteiger partial charge in [0.25, 0.3) is 0 Å². The monoisotopic (exact) mass is 388 g/mol. The number of likely N-dealkylation sites (N-methyl/N-ethyl adjacent to an activating group) is 1. The van der Waals surface area contributed by atoms with Gasteiger partial charge in [-0.3, -0.25) is 9.59 Å². The van der Waals surface area contributed by atoms with Crippen molar-refractivity contribution in [3.8, 4) is 0 Å². The Kier molecular flexibility index (Phi) is 6.55. The molecule has 0 bridgehead atoms. The summed E-state index contributed by atoms with van der Waals surface area (Å²) in [4.78, 5) is 26.4. The van der Waals surface area contributed by atoms with Gasteiger partial charge in [-0.2, -0.15) is 0 Å². The summed E-state index contributed by atoms with van der Waals surface area (Å²) in [5.41, 5.74) is 1.92. The van der Waals surface area contributed by atoms with Crippen molar-refractivity contribution in [3.05, 3.63) is 70.2 Å². The fraction of sp³-hybridized carbons (Fsp3) is 0.263. The van der Waals surface area contributed by atoms with E-state index in [0.29, 0.717) is 6.54 Å². The summed E-state index contributed by atoms with van der Waals surface area (Å²) in [5.74, 6) is -0.242. The van der Waals surface area contributed by atoms with Gasteiger partial charge >= 0.3 is 0 Å². The summed E-state index contributed by atoms with van der Waals surface area (Å²) in [7, 11) is 1.58. The van der Waals surface area contributed by atoms with Crippen LogP contribution >= 0.6 is 15.9 Å². The Bertz CT molecular complexity index is 686. The minimum absolute atomic E-state index is 0.0692. The maximum atomic E-state index is 12.8. The van der Waals surface area contributed by atoms with Crippen molar-refractivity contribution < 1.29 is 9.59 Å². The number of rotatable bonds is 6. The number of benzene rings is 2. The number of carbonyl (C=O) groups excluding carboxylic acids is 2. The lowest BCUT2D eigenvalue weighted by molar-refractivity contribution is -0.139. The molecule has 4 nitrogen and oxygen atoms in total. The Morgan fingerprint density at radius 3 is 2.25 bits per heavy atom. The smallest absolute Gasteiger partial charge is 0.242 e. The first-order valence-corrected chi connectivity index (χ1v) is 8.60. The van der Waals surface area contributed by atoms with E-state index >= 15 is 0 Å². The SMILES string of the molecule is CNC(=O)C(C)N(Cc1ccc(Br)cc1)C(=O)Cc1ccccc1. The predicted molar refractivity (Wildman–Crippen MR) is 98.4 cm³/mol. The number of hydrogen-bond acceptors (Lipinski definition) is 2. The normalized spacial score (nSPS) is 11.6. The molecule has 0 aliphatic heterocycles. The lowest BCUT2D eigenvalue weighted by Crippen LogP contribution is -2.47. The first kappa shape index (κ1) is 18.2. The molecule has 0 saturated carbocycles. The van der Waals surface area contributed by atoms with Crippen LogP contribution in [0, 0.1) is 0 Å². The fourth-order valence-electron chi connectivity index (χ4n) is 2.45. The van der Waals surface area contributed by atoms with Gasteiger partial charge in [-0.05, 0) is 30.2 Å². The van der Waals surface area contributed by atoms with E-state index in [1.54, 1.807) is 18.9 Å². The highest BCUT2D eigenvalue weighted by molar-refractivity contribution is 9.10. The molecule has 2 aromatic carbocycles. The topological polar surface area (TPSA) is 49.4 Å². The molecule has 0 heterocycles. The number of hydrogen-bond donors (Lipinski definition) is 1. The quantitative estimate of drug-likeness (QED) is 0.825. The van der Waals surface area contributed by atoms with Crippen molar-refractivity contribution >= 4 is 27.7 Å². The van der Waals surface area contributed by atoms with Gasteiger partial charge < -0.3 is 10.2 Å². The molecule has 5 heteroatoms. The van der Waals surface area contributed by atoms with E-state index in [1.165, 1.54) is 0 Å². The second kappa shape index (κ2) is 8.64. The van der Waals surface area contributed by atoms with Crippen LogP contribution in [0.3, 0.4) is 0 Å². The van der Waals surface area contributed by atoms with Crippen LogP contribution in [0.2, 0.25) is 0 Å². The van der Waals surface area contributed by atoms with E-state index in [-0.39, 0.29) is 18.2 Å². The van der Waals surface area contributed by atoms with E-state index < -0.39 is 6.04 Å². The molecule has 2 amide bonds. The average molecular weight is 389 g/mol. The van der Waals surface area contributed by atoms with Crippen LogP contribution in [0.15, 0.2) is 59.1 Å². The predicted octanol–water partition coefficient (Wildman–Crippen LogP) is 3.15. The lowest BCUT2D eigenvalue weighted by Gasteiger charge is -2.28. The summed E-state index contributed by atoms with van der Waals surface area (Å²) in [6.07, 6.45) is 0.276. The van der Waals surface area contributed by atoms with E-state index in [4.69, 9.17) is 0 Å². The van der Waals surface area contributed by atoms with Gasteiger partial charge in [0.2, 0.25) is 11.8 Å². The van der Waals surface area contributed by atoms with Gasteiger partial charge in [-0.15, -0.1) is 0 Å². The van der Waals surface area contributed by atoms with Crippen molar-refractivity contribution in [2.45, 2.75) is 25.9 Å². The van der Waals surface area contributed by atoms with Gasteiger partial charge in [0.1, 0.15) is 6.04 Å². The Morgan fingerprint density at radius 1 is 1.04 bits per heavy atom. The number of amides is 2. The molecular weight excluding hydrogens is 368 g/mol. The summed E-state index contributed by atoms with van der Waals surface area (Å²) < 4.78 is 0.979. The van der Waals surface area contributed by atoms with Crippen LogP contribution in [0.25, 0.3) is 0 Å². The zero-order chi connectivity index (χ0) is 17.5. The molecule has 1 unspecified atom stereocenters. The summed E-state index contributed by atoms with van der Waals surface area (Å²) in [5, 5.41) is 2.62. The summed E-state index contributed by atoms with van der Waals surface area (Å²) in [6.45, 7) is 2.15. The zero-order valence-corrected chi connectivity index (χ0v) is 15.4. The van der Waals surface area contributed by atoms with Gasteiger partial charge in [0.15, 0.2) is 0 Å². The molecule has 24 heavy (non-hydrogen) atoms. The van der Waals surface area contributed by atoms with Crippen LogP contribution < -0.4 is 5.32 Å². The first-order chi connectivity index (χ1) is 11.5. The summed E-state index contributed by atoms with van der Waals surface area (Å²) in [6, 6.07) is 16.8. The van der Waals surface area contributed by atoms with Crippen LogP contribution in [0.4, 0.5) is 0 Å². The third-order valence-electron chi connectivity index (χ3n) is 3.88. The molecule has 2 aromatic rings. The molecule has 0 aromatic heterocycles. The second-order valence-electron chi connectivity index (χ2n) is 5.60. The highest BCUT2D eigenvalue weighted by Gasteiger charge is 2.25. The van der Waals surface area contributed by atoms with E-state index in [1.807, 2.05) is 54.6 Å². The molecule has 2 rings (SSSR count). The highest BCUT2D eigenvalue weighted by atomic mass is 79.9. The van der Waals surface area contributed by atoms with Crippen molar-refractivity contribution in [2.75, 3.05) is 7.05 Å². The van der Waals surface area contributed by atoms with E-state index in [2.05, 4.69) is 21.2 Å². The van der Waals surface area contributed by atoms with Gasteiger partial charge in [-0.25, -0.2) is 0 Å². The zero-order valence-electron chi connectivity index (χ0n) is 13.8. The number of nitrogens with zero attached hydrogens (tertiary/aromatic N) is 1. The average Bonchev–Trinajstić information content (AvgIpc) is 2.60. The molecule has 1 N–H and O–H groups in total. The maximum absolute atomic E-state index is 12.8. The van der Waals surface area contributed by atoms with Crippen LogP contribution in [-0.4, -0.2) is 29.8 Å². The van der Waals surface area contributed by atoms with Crippen molar-refractivity contribution in [2.24, 2.45) is 0 Å². The largest absolute Gasteiger partial charge is 0.357 e.